The molecule has 4 rings (SSSR count). The van der Waals surface area contributed by atoms with E-state index in [4.69, 9.17) is 5.10 Å². The van der Waals surface area contributed by atoms with E-state index in [0.717, 1.165) is 26.6 Å². The minimum atomic E-state index is 0.725. The molecule has 0 spiro atoms. The average molecular weight is 370 g/mol. The maximum Gasteiger partial charge on any atom is 0.233 e. The van der Waals surface area contributed by atoms with Crippen molar-refractivity contribution in [3.05, 3.63) is 101 Å². The van der Waals surface area contributed by atoms with Gasteiger partial charge in [-0.05, 0) is 24.6 Å². The molecule has 4 aromatic rings. The third-order valence-corrected chi connectivity index (χ3v) is 4.96. The third kappa shape index (κ3) is 4.10. The van der Waals surface area contributed by atoms with E-state index in [2.05, 4.69) is 29.3 Å². The van der Waals surface area contributed by atoms with Crippen LogP contribution < -0.4 is 4.80 Å². The van der Waals surface area contributed by atoms with Crippen LogP contribution in [0, 0.1) is 6.92 Å². The lowest BCUT2D eigenvalue weighted by Gasteiger charge is -1.99. The van der Waals surface area contributed by atoms with Crippen LogP contribution in [-0.4, -0.2) is 16.0 Å². The van der Waals surface area contributed by atoms with Crippen molar-refractivity contribution in [1.82, 2.24) is 9.78 Å². The number of para-hydroxylation sites is 1. The molecule has 27 heavy (non-hydrogen) atoms. The van der Waals surface area contributed by atoms with E-state index in [9.17, 15) is 0 Å². The molecule has 0 aliphatic rings. The quantitative estimate of drug-likeness (QED) is 0.374. The van der Waals surface area contributed by atoms with E-state index in [1.54, 1.807) is 6.21 Å². The van der Waals surface area contributed by atoms with Crippen LogP contribution in [0.1, 0.15) is 11.1 Å². The predicted molar refractivity (Wildman–Crippen MR) is 111 cm³/mol. The Morgan fingerprint density at radius 2 is 1.52 bits per heavy atom. The standard InChI is InChI=1S/C22H18N4S/c1-17-12-14-18(15-13-17)16-23-24-22-26(20-10-6-3-7-11-20)25-21(27-22)19-8-4-2-5-9-19/h2-16H,1H3/b23-16+,24-22+. The van der Waals surface area contributed by atoms with E-state index in [1.807, 2.05) is 77.5 Å². The van der Waals surface area contributed by atoms with Crippen molar-refractivity contribution in [2.75, 3.05) is 0 Å². The van der Waals surface area contributed by atoms with Crippen LogP contribution in [0.2, 0.25) is 0 Å². The Morgan fingerprint density at radius 3 is 2.22 bits per heavy atom. The molecule has 4 nitrogen and oxygen atoms in total. The lowest BCUT2D eigenvalue weighted by Crippen LogP contribution is -2.13. The van der Waals surface area contributed by atoms with Gasteiger partial charge in [-0.1, -0.05) is 89.7 Å². The smallest absolute Gasteiger partial charge is 0.203 e. The van der Waals surface area contributed by atoms with Gasteiger partial charge in [-0.15, -0.1) is 5.10 Å². The van der Waals surface area contributed by atoms with Gasteiger partial charge >= 0.3 is 0 Å². The van der Waals surface area contributed by atoms with Crippen LogP contribution in [0.25, 0.3) is 16.3 Å². The molecule has 0 aliphatic heterocycles. The highest BCUT2D eigenvalue weighted by molar-refractivity contribution is 7.12. The Labute approximate surface area is 161 Å². The van der Waals surface area contributed by atoms with Crippen LogP contribution in [0.15, 0.2) is 95.1 Å². The highest BCUT2D eigenvalue weighted by Gasteiger charge is 2.08. The summed E-state index contributed by atoms with van der Waals surface area (Å²) in [6.07, 6.45) is 1.76. The lowest BCUT2D eigenvalue weighted by molar-refractivity contribution is 0.824. The maximum atomic E-state index is 4.76. The molecule has 5 heteroatoms. The molecule has 0 fully saturated rings. The van der Waals surface area contributed by atoms with Crippen molar-refractivity contribution in [2.24, 2.45) is 10.2 Å². The molecule has 0 aliphatic carbocycles. The summed E-state index contributed by atoms with van der Waals surface area (Å²) in [5.74, 6) is 0. The fourth-order valence-electron chi connectivity index (χ4n) is 2.58. The summed E-state index contributed by atoms with van der Waals surface area (Å²) in [5.41, 5.74) is 4.26. The first-order valence-electron chi connectivity index (χ1n) is 8.64. The van der Waals surface area contributed by atoms with Gasteiger partial charge in [0, 0.05) is 5.56 Å². The van der Waals surface area contributed by atoms with Crippen LogP contribution in [-0.2, 0) is 0 Å². The topological polar surface area (TPSA) is 42.5 Å². The zero-order chi connectivity index (χ0) is 18.5. The molecule has 1 heterocycles. The van der Waals surface area contributed by atoms with E-state index in [0.29, 0.717) is 0 Å². The van der Waals surface area contributed by atoms with Crippen molar-refractivity contribution < 1.29 is 0 Å². The number of benzene rings is 3. The first-order valence-corrected chi connectivity index (χ1v) is 9.46. The second-order valence-electron chi connectivity index (χ2n) is 6.06. The van der Waals surface area contributed by atoms with E-state index < -0.39 is 0 Å². The predicted octanol–water partition coefficient (Wildman–Crippen LogP) is 4.84. The average Bonchev–Trinajstić information content (AvgIpc) is 3.15. The van der Waals surface area contributed by atoms with Gasteiger partial charge in [0.1, 0.15) is 5.01 Å². The summed E-state index contributed by atoms with van der Waals surface area (Å²) in [4.78, 5) is 0.725. The molecule has 0 atom stereocenters. The zero-order valence-corrected chi connectivity index (χ0v) is 15.7. The highest BCUT2D eigenvalue weighted by atomic mass is 32.1. The minimum Gasteiger partial charge on any atom is -0.203 e. The SMILES string of the molecule is Cc1ccc(/C=N/N=c2/sc(-c3ccccc3)nn2-c2ccccc2)cc1. The maximum absolute atomic E-state index is 4.76. The van der Waals surface area contributed by atoms with E-state index in [1.165, 1.54) is 16.9 Å². The summed E-state index contributed by atoms with van der Waals surface area (Å²) in [7, 11) is 0. The largest absolute Gasteiger partial charge is 0.233 e. The molecule has 0 unspecified atom stereocenters. The zero-order valence-electron chi connectivity index (χ0n) is 14.9. The Kier molecular flexibility index (Phi) is 5.03. The summed E-state index contributed by atoms with van der Waals surface area (Å²) in [6, 6.07) is 28.3. The Bertz CT molecular complexity index is 1110. The van der Waals surface area contributed by atoms with E-state index >= 15 is 0 Å². The van der Waals surface area contributed by atoms with Crippen LogP contribution in [0.4, 0.5) is 0 Å². The normalized spacial score (nSPS) is 12.0. The number of hydrogen-bond donors (Lipinski definition) is 0. The molecule has 0 saturated heterocycles. The molecule has 3 aromatic carbocycles. The summed E-state index contributed by atoms with van der Waals surface area (Å²) < 4.78 is 1.83. The second-order valence-corrected chi connectivity index (χ2v) is 7.01. The molecule has 1 aromatic heterocycles. The number of rotatable bonds is 4. The van der Waals surface area contributed by atoms with Crippen molar-refractivity contribution >= 4 is 17.6 Å². The minimum absolute atomic E-state index is 0.725. The monoisotopic (exact) mass is 370 g/mol. The first-order chi connectivity index (χ1) is 13.3. The van der Waals surface area contributed by atoms with Crippen molar-refractivity contribution in [3.63, 3.8) is 0 Å². The Hall–Kier alpha value is -3.31. The molecule has 0 N–H and O–H groups in total. The van der Waals surface area contributed by atoms with Crippen molar-refractivity contribution in [1.29, 1.82) is 0 Å². The fourth-order valence-corrected chi connectivity index (χ4v) is 3.45. The number of aromatic nitrogens is 2. The summed E-state index contributed by atoms with van der Waals surface area (Å²) in [5, 5.41) is 14.4. The molecular weight excluding hydrogens is 352 g/mol. The van der Waals surface area contributed by atoms with Gasteiger partial charge in [0.15, 0.2) is 0 Å². The lowest BCUT2D eigenvalue weighted by atomic mass is 10.2. The van der Waals surface area contributed by atoms with Crippen molar-refractivity contribution in [3.8, 4) is 16.3 Å². The third-order valence-electron chi connectivity index (χ3n) is 4.01. The van der Waals surface area contributed by atoms with Gasteiger partial charge in [-0.25, -0.2) is 4.68 Å². The van der Waals surface area contributed by atoms with Gasteiger partial charge in [0.25, 0.3) is 0 Å². The van der Waals surface area contributed by atoms with Crippen molar-refractivity contribution in [2.45, 2.75) is 6.92 Å². The number of hydrogen-bond acceptors (Lipinski definition) is 4. The fraction of sp³-hybridized carbons (Fsp3) is 0.0455. The number of nitrogens with zero attached hydrogens (tertiary/aromatic N) is 4. The summed E-state index contributed by atoms with van der Waals surface area (Å²) >= 11 is 1.52. The van der Waals surface area contributed by atoms with Gasteiger partial charge < -0.3 is 0 Å². The Morgan fingerprint density at radius 1 is 0.852 bits per heavy atom. The first kappa shape index (κ1) is 17.1. The molecule has 0 amide bonds. The van der Waals surface area contributed by atoms with Crippen LogP contribution in [0.3, 0.4) is 0 Å². The number of aryl methyl sites for hydroxylation is 1. The van der Waals surface area contributed by atoms with Gasteiger partial charge in [0.05, 0.1) is 11.9 Å². The second kappa shape index (κ2) is 7.93. The molecule has 132 valence electrons. The molecule has 0 bridgehead atoms. The van der Waals surface area contributed by atoms with E-state index in [-0.39, 0.29) is 0 Å². The van der Waals surface area contributed by atoms with Gasteiger partial charge in [-0.2, -0.15) is 10.2 Å². The summed E-state index contributed by atoms with van der Waals surface area (Å²) in [6.45, 7) is 2.07. The van der Waals surface area contributed by atoms with Gasteiger partial charge in [0.2, 0.25) is 4.80 Å². The Balaban J connectivity index is 1.76. The van der Waals surface area contributed by atoms with Crippen LogP contribution in [0.5, 0.6) is 0 Å². The molecule has 0 saturated carbocycles. The highest BCUT2D eigenvalue weighted by Crippen LogP contribution is 2.20. The molecular formula is C22H18N4S. The van der Waals surface area contributed by atoms with Crippen LogP contribution >= 0.6 is 11.3 Å². The molecule has 0 radical (unpaired) electrons. The van der Waals surface area contributed by atoms with Gasteiger partial charge in [-0.3, -0.25) is 0 Å².